The van der Waals surface area contributed by atoms with Crippen LogP contribution in [0.25, 0.3) is 11.3 Å². The Labute approximate surface area is 242 Å². The maximum atomic E-state index is 14.2. The van der Waals surface area contributed by atoms with Gasteiger partial charge in [-0.1, -0.05) is 65.4 Å². The number of aromatic nitrogens is 1. The molecule has 0 unspecified atom stereocenters. The number of benzene rings is 3. The van der Waals surface area contributed by atoms with Crippen molar-refractivity contribution in [2.24, 2.45) is 4.99 Å². The van der Waals surface area contributed by atoms with Gasteiger partial charge in [0.2, 0.25) is 0 Å². The van der Waals surface area contributed by atoms with E-state index in [4.69, 9.17) is 21.3 Å². The molecule has 4 aromatic rings. The molecule has 1 amide bonds. The Morgan fingerprint density at radius 1 is 1.10 bits per heavy atom. The van der Waals surface area contributed by atoms with Gasteiger partial charge in [0.1, 0.15) is 4.53 Å². The van der Waals surface area contributed by atoms with Gasteiger partial charge in [-0.3, -0.25) is 14.2 Å². The molecule has 10 heteroatoms. The fourth-order valence-corrected chi connectivity index (χ4v) is 6.63. The molecule has 0 saturated carbocycles. The van der Waals surface area contributed by atoms with E-state index < -0.39 is 23.5 Å². The van der Waals surface area contributed by atoms with Crippen molar-refractivity contribution in [3.63, 3.8) is 0 Å². The van der Waals surface area contributed by atoms with Crippen molar-refractivity contribution < 1.29 is 14.3 Å². The summed E-state index contributed by atoms with van der Waals surface area (Å²) in [5.41, 5.74) is 3.07. The van der Waals surface area contributed by atoms with Gasteiger partial charge in [0, 0.05) is 26.7 Å². The summed E-state index contributed by atoms with van der Waals surface area (Å²) in [6, 6.07) is 21.3. The van der Waals surface area contributed by atoms with Crippen molar-refractivity contribution in [3.05, 3.63) is 120 Å². The molecule has 6 rings (SSSR count). The first kappa shape index (κ1) is 26.3. The first-order chi connectivity index (χ1) is 19.4. The van der Waals surface area contributed by atoms with Crippen LogP contribution >= 0.6 is 34.7 Å². The molecule has 0 fully saturated rings. The maximum absolute atomic E-state index is 14.2. The molecular weight excluding hydrogens is 566 g/mol. The first-order valence-corrected chi connectivity index (χ1v) is 14.9. The topological polar surface area (TPSA) is 89.8 Å². The molecule has 0 radical (unpaired) electrons. The van der Waals surface area contributed by atoms with Gasteiger partial charge >= 0.3 is 5.97 Å². The monoisotopic (exact) mass is 587 g/mol. The number of esters is 1. The van der Waals surface area contributed by atoms with Gasteiger partial charge in [0.25, 0.3) is 11.5 Å². The Morgan fingerprint density at radius 3 is 2.55 bits per heavy atom. The van der Waals surface area contributed by atoms with E-state index in [2.05, 4.69) is 5.32 Å². The van der Waals surface area contributed by atoms with E-state index in [9.17, 15) is 14.4 Å². The number of carbonyl (C=O) groups excluding carboxylic acids is 2. The number of fused-ring (bicyclic) bond motifs is 2. The predicted molar refractivity (Wildman–Crippen MR) is 158 cm³/mol. The van der Waals surface area contributed by atoms with Crippen LogP contribution < -0.4 is 20.2 Å². The number of ether oxygens (including phenoxy) is 1. The van der Waals surface area contributed by atoms with Crippen molar-refractivity contribution in [2.45, 2.75) is 17.9 Å². The highest BCUT2D eigenvalue weighted by Gasteiger charge is 2.36. The van der Waals surface area contributed by atoms with Crippen molar-refractivity contribution >= 4 is 63.5 Å². The van der Waals surface area contributed by atoms with Crippen LogP contribution in [-0.2, 0) is 14.3 Å². The number of anilines is 1. The van der Waals surface area contributed by atoms with E-state index in [1.165, 1.54) is 4.57 Å². The number of thioether (sulfide) groups is 1. The maximum Gasteiger partial charge on any atom is 0.338 e. The lowest BCUT2D eigenvalue weighted by Gasteiger charge is -2.26. The molecule has 0 aliphatic carbocycles. The number of thiazole rings is 1. The molecule has 0 bridgehead atoms. The predicted octanol–water partition coefficient (Wildman–Crippen LogP) is 4.63. The summed E-state index contributed by atoms with van der Waals surface area (Å²) >= 11 is 8.96. The minimum Gasteiger partial charge on any atom is -0.463 e. The molecule has 7 nitrogen and oxygen atoms in total. The molecule has 2 aliphatic rings. The number of carbonyl (C=O) groups is 2. The van der Waals surface area contributed by atoms with E-state index in [0.717, 1.165) is 21.8 Å². The Hall–Kier alpha value is -3.92. The molecular formula is C30H22ClN3O4S2. The van der Waals surface area contributed by atoms with Gasteiger partial charge in [0.15, 0.2) is 4.80 Å². The number of rotatable bonds is 5. The van der Waals surface area contributed by atoms with Crippen molar-refractivity contribution in [2.75, 3.05) is 18.2 Å². The fourth-order valence-electron chi connectivity index (χ4n) is 4.96. The number of nitrogens with one attached hydrogen (secondary N) is 1. The van der Waals surface area contributed by atoms with Crippen molar-refractivity contribution in [1.29, 1.82) is 0 Å². The number of hydrogen-bond acceptors (Lipinski definition) is 7. The summed E-state index contributed by atoms with van der Waals surface area (Å²) < 4.78 is 7.23. The Balaban J connectivity index is 1.71. The summed E-state index contributed by atoms with van der Waals surface area (Å²) in [5.74, 6) is -0.950. The summed E-state index contributed by atoms with van der Waals surface area (Å²) in [6.45, 7) is 1.90. The van der Waals surface area contributed by atoms with Gasteiger partial charge in [0.05, 0.1) is 29.5 Å². The second kappa shape index (κ2) is 10.6. The third-order valence-corrected chi connectivity index (χ3v) is 8.77. The summed E-state index contributed by atoms with van der Waals surface area (Å²) in [7, 11) is 0. The molecule has 1 N–H and O–H groups in total. The van der Waals surface area contributed by atoms with Crippen molar-refractivity contribution in [3.8, 4) is 0 Å². The van der Waals surface area contributed by atoms with Crippen LogP contribution in [0.2, 0.25) is 5.02 Å². The third kappa shape index (κ3) is 4.40. The average Bonchev–Trinajstić information content (AvgIpc) is 3.47. The molecule has 200 valence electrons. The molecule has 1 atom stereocenters. The summed E-state index contributed by atoms with van der Waals surface area (Å²) in [4.78, 5) is 47.2. The summed E-state index contributed by atoms with van der Waals surface area (Å²) in [5, 5.41) is 3.27. The first-order valence-electron chi connectivity index (χ1n) is 12.5. The van der Waals surface area contributed by atoms with E-state index in [0.29, 0.717) is 32.3 Å². The van der Waals surface area contributed by atoms with Crippen LogP contribution in [0.1, 0.15) is 29.7 Å². The standard InChI is InChI=1S/C30H22ClN3O4S2/c1-3-38-29(37)23-24(16-7-5-4-6-8-16)33-30-34(25(23)17-9-12-19(39-2)13-10-17)28(36)26(40-30)22-20-15-18(31)11-14-21(20)32-27(22)35/h4-15,25H,3H2,1-2H3,(H,32,35)/b26-22-/t25-/m0/s1. The van der Waals surface area contributed by atoms with Gasteiger partial charge in [-0.2, -0.15) is 0 Å². The molecule has 0 saturated heterocycles. The zero-order valence-electron chi connectivity index (χ0n) is 21.4. The SMILES string of the molecule is CCOC(=O)C1=C(c2ccccc2)N=c2s/c(=C3\C(=O)Nc4ccc(Cl)cc43)c(=O)n2[C@H]1c1ccc(SC)cc1. The van der Waals surface area contributed by atoms with Crippen LogP contribution in [0.3, 0.4) is 0 Å². The van der Waals surface area contributed by atoms with Crippen molar-refractivity contribution in [1.82, 2.24) is 4.57 Å². The lowest BCUT2D eigenvalue weighted by atomic mass is 9.93. The zero-order valence-corrected chi connectivity index (χ0v) is 23.8. The zero-order chi connectivity index (χ0) is 28.0. The Kier molecular flexibility index (Phi) is 6.95. The summed E-state index contributed by atoms with van der Waals surface area (Å²) in [6.07, 6.45) is 1.98. The fraction of sp³-hybridized carbons (Fsp3) is 0.133. The molecule has 2 aliphatic heterocycles. The van der Waals surface area contributed by atoms with Crippen LogP contribution in [0.4, 0.5) is 5.69 Å². The van der Waals surface area contributed by atoms with E-state index in [1.54, 1.807) is 36.9 Å². The number of hydrogen-bond donors (Lipinski definition) is 1. The molecule has 3 heterocycles. The highest BCUT2D eigenvalue weighted by molar-refractivity contribution is 7.98. The minimum absolute atomic E-state index is 0.162. The smallest absolute Gasteiger partial charge is 0.338 e. The van der Waals surface area contributed by atoms with Crippen LogP contribution in [-0.4, -0.2) is 29.3 Å². The van der Waals surface area contributed by atoms with E-state index >= 15 is 0 Å². The number of nitrogens with zero attached hydrogens (tertiary/aromatic N) is 2. The van der Waals surface area contributed by atoms with Gasteiger partial charge in [-0.25, -0.2) is 9.79 Å². The quantitative estimate of drug-likeness (QED) is 0.272. The second-order valence-electron chi connectivity index (χ2n) is 9.04. The molecule has 0 spiro atoms. The normalized spacial score (nSPS) is 17.2. The van der Waals surface area contributed by atoms with Gasteiger partial charge in [-0.15, -0.1) is 11.8 Å². The lowest BCUT2D eigenvalue weighted by Crippen LogP contribution is -2.40. The van der Waals surface area contributed by atoms with Gasteiger partial charge in [-0.05, 0) is 49.1 Å². The molecule has 3 aromatic carbocycles. The second-order valence-corrected chi connectivity index (χ2v) is 11.3. The van der Waals surface area contributed by atoms with Crippen LogP contribution in [0, 0.1) is 0 Å². The van der Waals surface area contributed by atoms with Crippen LogP contribution in [0.5, 0.6) is 0 Å². The molecule has 1 aromatic heterocycles. The van der Waals surface area contributed by atoms with E-state index in [1.807, 2.05) is 60.9 Å². The Morgan fingerprint density at radius 2 is 1.85 bits per heavy atom. The number of amides is 1. The number of halogens is 1. The minimum atomic E-state index is -0.820. The lowest BCUT2D eigenvalue weighted by molar-refractivity contribution is -0.138. The third-order valence-electron chi connectivity index (χ3n) is 6.73. The average molecular weight is 588 g/mol. The van der Waals surface area contributed by atoms with Gasteiger partial charge < -0.3 is 10.1 Å². The van der Waals surface area contributed by atoms with E-state index in [-0.39, 0.29) is 22.3 Å². The largest absolute Gasteiger partial charge is 0.463 e. The highest BCUT2D eigenvalue weighted by Crippen LogP contribution is 2.36. The van der Waals surface area contributed by atoms with Crippen LogP contribution in [0.15, 0.2) is 93.1 Å². The Bertz CT molecular complexity index is 1890. The molecule has 40 heavy (non-hydrogen) atoms. The highest BCUT2D eigenvalue weighted by atomic mass is 35.5.